The lowest BCUT2D eigenvalue weighted by Gasteiger charge is -2.30. The molecular formula is C60H40N2O. The summed E-state index contributed by atoms with van der Waals surface area (Å²) in [6, 6.07) is 87.1. The highest BCUT2D eigenvalue weighted by molar-refractivity contribution is 6.11. The summed E-state index contributed by atoms with van der Waals surface area (Å²) in [6.07, 6.45) is 0. The minimum absolute atomic E-state index is 0.899. The Labute approximate surface area is 366 Å². The van der Waals surface area contributed by atoms with E-state index in [-0.39, 0.29) is 0 Å². The second-order valence-electron chi connectivity index (χ2n) is 16.0. The highest BCUT2D eigenvalue weighted by Gasteiger charge is 2.22. The molecule has 0 bridgehead atoms. The normalized spacial score (nSPS) is 11.5. The van der Waals surface area contributed by atoms with Crippen molar-refractivity contribution in [3.63, 3.8) is 0 Å². The summed E-state index contributed by atoms with van der Waals surface area (Å²) >= 11 is 0. The molecule has 0 aliphatic heterocycles. The number of para-hydroxylation sites is 7. The number of hydrogen-bond acceptors (Lipinski definition) is 2. The summed E-state index contributed by atoms with van der Waals surface area (Å²) < 4.78 is 8.90. The second kappa shape index (κ2) is 15.3. The maximum Gasteiger partial charge on any atom is 0.143 e. The van der Waals surface area contributed by atoms with Crippen molar-refractivity contribution in [2.75, 3.05) is 4.90 Å². The van der Waals surface area contributed by atoms with Gasteiger partial charge in [-0.25, -0.2) is 0 Å². The number of benzene rings is 10. The van der Waals surface area contributed by atoms with Crippen LogP contribution in [0, 0.1) is 0 Å². The van der Waals surface area contributed by atoms with E-state index in [0.29, 0.717) is 0 Å². The van der Waals surface area contributed by atoms with Crippen molar-refractivity contribution in [2.45, 2.75) is 0 Å². The number of furan rings is 1. The third kappa shape index (κ3) is 6.21. The molecule has 63 heavy (non-hydrogen) atoms. The van der Waals surface area contributed by atoms with Crippen LogP contribution in [0.1, 0.15) is 0 Å². The maximum atomic E-state index is 6.48. The molecule has 0 atom stereocenters. The Hall–Kier alpha value is -8.40. The first-order valence-corrected chi connectivity index (χ1v) is 21.5. The van der Waals surface area contributed by atoms with Crippen LogP contribution in [0.5, 0.6) is 0 Å². The predicted molar refractivity (Wildman–Crippen MR) is 264 cm³/mol. The van der Waals surface area contributed by atoms with Gasteiger partial charge in [0.15, 0.2) is 0 Å². The Morgan fingerprint density at radius 2 is 0.794 bits per heavy atom. The van der Waals surface area contributed by atoms with Gasteiger partial charge >= 0.3 is 0 Å². The molecular weight excluding hydrogens is 765 g/mol. The van der Waals surface area contributed by atoms with Crippen molar-refractivity contribution >= 4 is 60.8 Å². The summed E-state index contributed by atoms with van der Waals surface area (Å²) in [5.41, 5.74) is 17.7. The number of aromatic nitrogens is 1. The zero-order valence-electron chi connectivity index (χ0n) is 34.4. The standard InChI is InChI=1S/C60H40N2O/c1-2-18-41(19-3-1)46-22-4-10-30-54(46)61(45-38-36-42(37-39-45)49-28-17-29-53-52-27-9-15-35-59(52)63-60(49)53)55-31-11-5-23-47(55)43-20-16-21-44(40-43)48-24-6-12-32-56(48)62-57-33-13-7-25-50(57)51-26-8-14-34-58(51)62/h1-40H. The third-order valence-electron chi connectivity index (χ3n) is 12.4. The van der Waals surface area contributed by atoms with Crippen LogP contribution in [0.25, 0.3) is 93.9 Å². The Kier molecular flexibility index (Phi) is 8.83. The van der Waals surface area contributed by atoms with E-state index in [4.69, 9.17) is 4.42 Å². The van der Waals surface area contributed by atoms with Crippen LogP contribution in [0.3, 0.4) is 0 Å². The molecule has 0 saturated heterocycles. The van der Waals surface area contributed by atoms with Crippen molar-refractivity contribution in [3.05, 3.63) is 243 Å². The number of anilines is 3. The molecule has 2 aromatic heterocycles. The van der Waals surface area contributed by atoms with Gasteiger partial charge in [-0.3, -0.25) is 0 Å². The van der Waals surface area contributed by atoms with Crippen LogP contribution >= 0.6 is 0 Å². The Morgan fingerprint density at radius 1 is 0.317 bits per heavy atom. The van der Waals surface area contributed by atoms with E-state index in [2.05, 4.69) is 240 Å². The molecule has 12 aromatic rings. The average Bonchev–Trinajstić information content (AvgIpc) is 3.91. The molecule has 0 saturated carbocycles. The van der Waals surface area contributed by atoms with Crippen molar-refractivity contribution < 1.29 is 4.42 Å². The van der Waals surface area contributed by atoms with Gasteiger partial charge < -0.3 is 13.9 Å². The molecule has 12 rings (SSSR count). The molecule has 0 aliphatic carbocycles. The van der Waals surface area contributed by atoms with Crippen LogP contribution in [0.2, 0.25) is 0 Å². The van der Waals surface area contributed by atoms with Crippen LogP contribution in [-0.4, -0.2) is 4.57 Å². The van der Waals surface area contributed by atoms with Crippen LogP contribution < -0.4 is 4.90 Å². The Balaban J connectivity index is 1.01. The predicted octanol–water partition coefficient (Wildman–Crippen LogP) is 16.8. The smallest absolute Gasteiger partial charge is 0.143 e. The monoisotopic (exact) mass is 804 g/mol. The zero-order chi connectivity index (χ0) is 41.7. The zero-order valence-corrected chi connectivity index (χ0v) is 34.4. The summed E-state index contributed by atoms with van der Waals surface area (Å²) in [5.74, 6) is 0. The SMILES string of the molecule is c1ccc(-c2ccccc2N(c2ccc(-c3cccc4c3oc3ccccc34)cc2)c2ccccc2-c2cccc(-c3ccccc3-n3c4ccccc4c4ccccc43)c2)cc1. The maximum absolute atomic E-state index is 6.48. The molecule has 0 amide bonds. The Bertz CT molecular complexity index is 3580. The van der Waals surface area contributed by atoms with Crippen LogP contribution in [0.15, 0.2) is 247 Å². The van der Waals surface area contributed by atoms with Gasteiger partial charge in [0.05, 0.1) is 28.1 Å². The van der Waals surface area contributed by atoms with E-state index >= 15 is 0 Å². The lowest BCUT2D eigenvalue weighted by Crippen LogP contribution is -2.12. The van der Waals surface area contributed by atoms with Gasteiger partial charge in [-0.2, -0.15) is 0 Å². The third-order valence-corrected chi connectivity index (χ3v) is 12.4. The fourth-order valence-electron chi connectivity index (χ4n) is 9.56. The van der Waals surface area contributed by atoms with Gasteiger partial charge in [0.2, 0.25) is 0 Å². The van der Waals surface area contributed by atoms with E-state index in [1.54, 1.807) is 0 Å². The minimum Gasteiger partial charge on any atom is -0.455 e. The summed E-state index contributed by atoms with van der Waals surface area (Å²) in [5, 5.41) is 4.76. The summed E-state index contributed by atoms with van der Waals surface area (Å²) in [6.45, 7) is 0. The quantitative estimate of drug-likeness (QED) is 0.153. The first-order valence-electron chi connectivity index (χ1n) is 21.5. The van der Waals surface area contributed by atoms with Gasteiger partial charge in [0.1, 0.15) is 11.2 Å². The largest absolute Gasteiger partial charge is 0.455 e. The molecule has 0 N–H and O–H groups in total. The lowest BCUT2D eigenvalue weighted by atomic mass is 9.95. The molecule has 0 aliphatic rings. The van der Waals surface area contributed by atoms with Gasteiger partial charge in [-0.15, -0.1) is 0 Å². The molecule has 10 aromatic carbocycles. The minimum atomic E-state index is 0.899. The second-order valence-corrected chi connectivity index (χ2v) is 16.0. The lowest BCUT2D eigenvalue weighted by molar-refractivity contribution is 0.670. The van der Waals surface area contributed by atoms with Crippen LogP contribution in [0.4, 0.5) is 17.1 Å². The van der Waals surface area contributed by atoms with Crippen molar-refractivity contribution in [3.8, 4) is 50.2 Å². The van der Waals surface area contributed by atoms with E-state index in [9.17, 15) is 0 Å². The van der Waals surface area contributed by atoms with Crippen molar-refractivity contribution in [1.82, 2.24) is 4.57 Å². The number of rotatable bonds is 8. The summed E-state index contributed by atoms with van der Waals surface area (Å²) in [7, 11) is 0. The highest BCUT2D eigenvalue weighted by Crippen LogP contribution is 2.46. The molecule has 0 radical (unpaired) electrons. The first-order chi connectivity index (χ1) is 31.3. The number of hydrogen-bond donors (Lipinski definition) is 0. The average molecular weight is 805 g/mol. The van der Waals surface area contributed by atoms with Crippen LogP contribution in [-0.2, 0) is 0 Å². The molecule has 0 spiro atoms. The van der Waals surface area contributed by atoms with Gasteiger partial charge in [-0.1, -0.05) is 188 Å². The van der Waals surface area contributed by atoms with E-state index < -0.39 is 0 Å². The molecule has 0 unspecified atom stereocenters. The van der Waals surface area contributed by atoms with Gasteiger partial charge in [-0.05, 0) is 76.9 Å². The molecule has 3 nitrogen and oxygen atoms in total. The van der Waals surface area contributed by atoms with Crippen molar-refractivity contribution in [2.24, 2.45) is 0 Å². The fourth-order valence-corrected chi connectivity index (χ4v) is 9.56. The number of nitrogens with zero attached hydrogens (tertiary/aromatic N) is 2. The highest BCUT2D eigenvalue weighted by atomic mass is 16.3. The molecule has 2 heterocycles. The number of fused-ring (bicyclic) bond motifs is 6. The van der Waals surface area contributed by atoms with E-state index in [1.165, 1.54) is 27.4 Å². The summed E-state index contributed by atoms with van der Waals surface area (Å²) in [4.78, 5) is 2.42. The molecule has 296 valence electrons. The Morgan fingerprint density at radius 3 is 1.51 bits per heavy atom. The molecule has 0 fully saturated rings. The van der Waals surface area contributed by atoms with Gasteiger partial charge in [0, 0.05) is 49.5 Å². The van der Waals surface area contributed by atoms with E-state index in [1.807, 2.05) is 12.1 Å². The fraction of sp³-hybridized carbons (Fsp3) is 0. The van der Waals surface area contributed by atoms with E-state index in [0.717, 1.165) is 83.6 Å². The van der Waals surface area contributed by atoms with Crippen molar-refractivity contribution in [1.29, 1.82) is 0 Å². The molecule has 3 heteroatoms. The topological polar surface area (TPSA) is 21.3 Å². The van der Waals surface area contributed by atoms with Gasteiger partial charge in [0.25, 0.3) is 0 Å². The first kappa shape index (κ1) is 36.5.